The van der Waals surface area contributed by atoms with Gasteiger partial charge >= 0.3 is 0 Å². The van der Waals surface area contributed by atoms with Crippen molar-refractivity contribution in [2.24, 2.45) is 0 Å². The molecule has 3 aromatic rings. The molecule has 1 N–H and O–H groups in total. The van der Waals surface area contributed by atoms with Crippen LogP contribution in [0.1, 0.15) is 30.2 Å². The summed E-state index contributed by atoms with van der Waals surface area (Å²) >= 11 is 1.74. The van der Waals surface area contributed by atoms with Gasteiger partial charge in [-0.2, -0.15) is 0 Å². The molecule has 0 saturated carbocycles. The van der Waals surface area contributed by atoms with Gasteiger partial charge in [0, 0.05) is 16.6 Å². The highest BCUT2D eigenvalue weighted by atomic mass is 32.1. The minimum Gasteiger partial charge on any atom is -0.365 e. The molecule has 0 radical (unpaired) electrons. The van der Waals surface area contributed by atoms with Gasteiger partial charge in [-0.05, 0) is 29.0 Å². The third-order valence-corrected chi connectivity index (χ3v) is 4.39. The van der Waals surface area contributed by atoms with Crippen LogP contribution in [0.5, 0.6) is 0 Å². The van der Waals surface area contributed by atoms with E-state index in [1.807, 2.05) is 6.07 Å². The van der Waals surface area contributed by atoms with E-state index < -0.39 is 0 Å². The zero-order valence-corrected chi connectivity index (χ0v) is 13.6. The van der Waals surface area contributed by atoms with E-state index in [1.54, 1.807) is 17.5 Å². The van der Waals surface area contributed by atoms with E-state index in [9.17, 15) is 0 Å². The number of hydrogen-bond acceptors (Lipinski definition) is 4. The zero-order valence-electron chi connectivity index (χ0n) is 12.8. The summed E-state index contributed by atoms with van der Waals surface area (Å²) in [5.41, 5.74) is 2.37. The Bertz CT molecular complexity index is 718. The molecule has 112 valence electrons. The van der Waals surface area contributed by atoms with E-state index >= 15 is 0 Å². The summed E-state index contributed by atoms with van der Waals surface area (Å²) in [5, 5.41) is 5.43. The molecule has 3 rings (SSSR count). The molecule has 2 heterocycles. The number of nitrogens with zero attached hydrogens (tertiary/aromatic N) is 2. The minimum atomic E-state index is 0.536. The van der Waals surface area contributed by atoms with Crippen molar-refractivity contribution in [3.63, 3.8) is 0 Å². The van der Waals surface area contributed by atoms with Gasteiger partial charge in [-0.25, -0.2) is 9.97 Å². The minimum absolute atomic E-state index is 0.536. The lowest BCUT2D eigenvalue weighted by atomic mass is 10.0. The molecule has 0 saturated heterocycles. The number of nitrogens with one attached hydrogen (secondary N) is 1. The van der Waals surface area contributed by atoms with E-state index in [-0.39, 0.29) is 0 Å². The summed E-state index contributed by atoms with van der Waals surface area (Å²) in [7, 11) is 0. The maximum Gasteiger partial charge on any atom is 0.161 e. The standard InChI is InChI=1S/C18H19N3S/c1-13(2)14-5-7-15(8-6-14)18-19-10-9-17(21-18)20-12-16-4-3-11-22-16/h3-11,13H,12H2,1-2H3,(H,19,20,21). The zero-order chi connectivity index (χ0) is 15.4. The number of rotatable bonds is 5. The van der Waals surface area contributed by atoms with Crippen LogP contribution in [0.15, 0.2) is 54.0 Å². The summed E-state index contributed by atoms with van der Waals surface area (Å²) in [5.74, 6) is 2.14. The van der Waals surface area contributed by atoms with Gasteiger partial charge in [-0.3, -0.25) is 0 Å². The Morgan fingerprint density at radius 2 is 1.91 bits per heavy atom. The quantitative estimate of drug-likeness (QED) is 0.725. The van der Waals surface area contributed by atoms with Gasteiger partial charge < -0.3 is 5.32 Å². The average molecular weight is 309 g/mol. The van der Waals surface area contributed by atoms with Crippen molar-refractivity contribution in [3.8, 4) is 11.4 Å². The van der Waals surface area contributed by atoms with E-state index in [4.69, 9.17) is 0 Å². The largest absolute Gasteiger partial charge is 0.365 e. The second kappa shape index (κ2) is 6.71. The fourth-order valence-electron chi connectivity index (χ4n) is 2.20. The fraction of sp³-hybridized carbons (Fsp3) is 0.222. The van der Waals surface area contributed by atoms with Crippen molar-refractivity contribution in [3.05, 3.63) is 64.5 Å². The van der Waals surface area contributed by atoms with Gasteiger partial charge in [-0.15, -0.1) is 11.3 Å². The maximum atomic E-state index is 4.60. The number of aromatic nitrogens is 2. The molecule has 0 aliphatic heterocycles. The normalized spacial score (nSPS) is 10.9. The van der Waals surface area contributed by atoms with E-state index in [0.29, 0.717) is 5.92 Å². The van der Waals surface area contributed by atoms with Crippen LogP contribution >= 0.6 is 11.3 Å². The molecular formula is C18H19N3S. The first-order valence-corrected chi connectivity index (χ1v) is 8.30. The second-order valence-corrected chi connectivity index (χ2v) is 6.51. The van der Waals surface area contributed by atoms with Gasteiger partial charge in [-0.1, -0.05) is 44.2 Å². The number of hydrogen-bond donors (Lipinski definition) is 1. The summed E-state index contributed by atoms with van der Waals surface area (Å²) < 4.78 is 0. The van der Waals surface area contributed by atoms with Crippen LogP contribution in [-0.2, 0) is 6.54 Å². The summed E-state index contributed by atoms with van der Waals surface area (Å²) in [6, 6.07) is 14.6. The third-order valence-electron chi connectivity index (χ3n) is 3.51. The first-order valence-electron chi connectivity index (χ1n) is 7.42. The highest BCUT2D eigenvalue weighted by molar-refractivity contribution is 7.09. The molecule has 0 atom stereocenters. The van der Waals surface area contributed by atoms with E-state index in [0.717, 1.165) is 23.8 Å². The summed E-state index contributed by atoms with van der Waals surface area (Å²) in [6.07, 6.45) is 1.80. The molecule has 3 nitrogen and oxygen atoms in total. The summed E-state index contributed by atoms with van der Waals surface area (Å²) in [6.45, 7) is 5.18. The molecule has 2 aromatic heterocycles. The van der Waals surface area contributed by atoms with Crippen molar-refractivity contribution >= 4 is 17.2 Å². The van der Waals surface area contributed by atoms with Crippen LogP contribution in [0.25, 0.3) is 11.4 Å². The highest BCUT2D eigenvalue weighted by Gasteiger charge is 2.05. The lowest BCUT2D eigenvalue weighted by molar-refractivity contribution is 0.867. The lowest BCUT2D eigenvalue weighted by Gasteiger charge is -2.08. The molecule has 0 aliphatic rings. The van der Waals surface area contributed by atoms with Crippen molar-refractivity contribution < 1.29 is 0 Å². The SMILES string of the molecule is CC(C)c1ccc(-c2nccc(NCc3cccs3)n2)cc1. The Labute approximate surface area is 135 Å². The van der Waals surface area contributed by atoms with E-state index in [2.05, 4.69) is 70.9 Å². The Hall–Kier alpha value is -2.20. The first-order chi connectivity index (χ1) is 10.7. The van der Waals surface area contributed by atoms with Crippen LogP contribution in [0.2, 0.25) is 0 Å². The Morgan fingerprint density at radius 1 is 1.09 bits per heavy atom. The molecule has 0 aliphatic carbocycles. The average Bonchev–Trinajstić information content (AvgIpc) is 3.07. The number of anilines is 1. The Balaban J connectivity index is 1.75. The Morgan fingerprint density at radius 3 is 2.59 bits per heavy atom. The molecule has 0 spiro atoms. The monoisotopic (exact) mass is 309 g/mol. The first kappa shape index (κ1) is 14.7. The predicted octanol–water partition coefficient (Wildman–Crippen LogP) is 4.94. The van der Waals surface area contributed by atoms with Gasteiger partial charge in [0.2, 0.25) is 0 Å². The van der Waals surface area contributed by atoms with Crippen molar-refractivity contribution in [1.29, 1.82) is 0 Å². The number of benzene rings is 1. The molecule has 0 bridgehead atoms. The molecule has 1 aromatic carbocycles. The Kier molecular flexibility index (Phi) is 4.49. The molecule has 4 heteroatoms. The molecule has 0 fully saturated rings. The van der Waals surface area contributed by atoms with Crippen LogP contribution < -0.4 is 5.32 Å². The van der Waals surface area contributed by atoms with Gasteiger partial charge in [0.05, 0.1) is 6.54 Å². The fourth-order valence-corrected chi connectivity index (χ4v) is 2.85. The molecule has 0 unspecified atom stereocenters. The van der Waals surface area contributed by atoms with Crippen molar-refractivity contribution in [2.45, 2.75) is 26.3 Å². The molecular weight excluding hydrogens is 290 g/mol. The van der Waals surface area contributed by atoms with E-state index in [1.165, 1.54) is 10.4 Å². The smallest absolute Gasteiger partial charge is 0.161 e. The van der Waals surface area contributed by atoms with Gasteiger partial charge in [0.25, 0.3) is 0 Å². The highest BCUT2D eigenvalue weighted by Crippen LogP contribution is 2.21. The van der Waals surface area contributed by atoms with Crippen LogP contribution in [0, 0.1) is 0 Å². The predicted molar refractivity (Wildman–Crippen MR) is 93.2 cm³/mol. The molecule has 22 heavy (non-hydrogen) atoms. The lowest BCUT2D eigenvalue weighted by Crippen LogP contribution is -2.01. The van der Waals surface area contributed by atoms with Crippen LogP contribution in [-0.4, -0.2) is 9.97 Å². The molecule has 0 amide bonds. The third kappa shape index (κ3) is 3.52. The topological polar surface area (TPSA) is 37.8 Å². The van der Waals surface area contributed by atoms with Crippen molar-refractivity contribution in [2.75, 3.05) is 5.32 Å². The van der Waals surface area contributed by atoms with Crippen LogP contribution in [0.4, 0.5) is 5.82 Å². The number of thiophene rings is 1. The van der Waals surface area contributed by atoms with Crippen molar-refractivity contribution in [1.82, 2.24) is 9.97 Å². The van der Waals surface area contributed by atoms with Gasteiger partial charge in [0.15, 0.2) is 5.82 Å². The second-order valence-electron chi connectivity index (χ2n) is 5.48. The van der Waals surface area contributed by atoms with Gasteiger partial charge in [0.1, 0.15) is 5.82 Å². The van der Waals surface area contributed by atoms with Crippen LogP contribution in [0.3, 0.4) is 0 Å². The maximum absolute atomic E-state index is 4.60. The summed E-state index contributed by atoms with van der Waals surface area (Å²) in [4.78, 5) is 10.3.